The molecule has 0 aromatic heterocycles. The first kappa shape index (κ1) is 15.8. The van der Waals surface area contributed by atoms with Crippen molar-refractivity contribution in [1.29, 1.82) is 0 Å². The molecule has 3 N–H and O–H groups in total. The molecule has 2 rings (SSSR count). The molecule has 0 spiro atoms. The molecule has 112 valence electrons. The van der Waals surface area contributed by atoms with Gasteiger partial charge in [0.25, 0.3) is 0 Å². The number of benzene rings is 2. The van der Waals surface area contributed by atoms with Crippen LogP contribution in [0, 0.1) is 12.7 Å². The number of aryl methyl sites for hydroxylation is 1. The fourth-order valence-electron chi connectivity index (χ4n) is 2.11. The Kier molecular flexibility index (Phi) is 5.56. The standard InChI is InChI=1S/C16H18ClFN2O/c1-11-3-2-4-13(9-11)21-8-7-16(20-19)14-6-5-12(17)10-15(14)18/h2-6,9-10,16,20H,7-8,19H2,1H3. The number of nitrogens with one attached hydrogen (secondary N) is 1. The van der Waals surface area contributed by atoms with Crippen LogP contribution in [-0.4, -0.2) is 6.61 Å². The number of hydrogen-bond acceptors (Lipinski definition) is 3. The van der Waals surface area contributed by atoms with E-state index in [1.807, 2.05) is 31.2 Å². The van der Waals surface area contributed by atoms with Crippen molar-refractivity contribution in [2.75, 3.05) is 6.61 Å². The summed E-state index contributed by atoms with van der Waals surface area (Å²) in [7, 11) is 0. The molecule has 0 aliphatic rings. The predicted molar refractivity (Wildman–Crippen MR) is 82.8 cm³/mol. The van der Waals surface area contributed by atoms with Gasteiger partial charge in [-0.3, -0.25) is 11.3 Å². The lowest BCUT2D eigenvalue weighted by Crippen LogP contribution is -2.30. The van der Waals surface area contributed by atoms with Crippen LogP contribution >= 0.6 is 11.6 Å². The third kappa shape index (κ3) is 4.43. The Bertz CT molecular complexity index is 607. The molecule has 5 heteroatoms. The largest absolute Gasteiger partial charge is 0.494 e. The van der Waals surface area contributed by atoms with Crippen molar-refractivity contribution in [3.8, 4) is 5.75 Å². The van der Waals surface area contributed by atoms with Crippen molar-refractivity contribution in [3.63, 3.8) is 0 Å². The van der Waals surface area contributed by atoms with Crippen molar-refractivity contribution in [3.05, 3.63) is 64.4 Å². The smallest absolute Gasteiger partial charge is 0.129 e. The van der Waals surface area contributed by atoms with E-state index >= 15 is 0 Å². The minimum absolute atomic E-state index is 0.327. The van der Waals surface area contributed by atoms with Crippen molar-refractivity contribution in [2.24, 2.45) is 5.84 Å². The first-order chi connectivity index (χ1) is 10.1. The van der Waals surface area contributed by atoms with Gasteiger partial charge in [-0.05, 0) is 36.8 Å². The highest BCUT2D eigenvalue weighted by molar-refractivity contribution is 6.30. The Balaban J connectivity index is 1.96. The second-order valence-electron chi connectivity index (χ2n) is 4.84. The fourth-order valence-corrected chi connectivity index (χ4v) is 2.27. The summed E-state index contributed by atoms with van der Waals surface area (Å²) >= 11 is 5.75. The van der Waals surface area contributed by atoms with Gasteiger partial charge >= 0.3 is 0 Å². The van der Waals surface area contributed by atoms with E-state index in [2.05, 4.69) is 5.43 Å². The van der Waals surface area contributed by atoms with Crippen LogP contribution < -0.4 is 16.0 Å². The molecular weight excluding hydrogens is 291 g/mol. The summed E-state index contributed by atoms with van der Waals surface area (Å²) < 4.78 is 19.5. The van der Waals surface area contributed by atoms with Crippen LogP contribution in [0.3, 0.4) is 0 Å². The third-order valence-electron chi connectivity index (χ3n) is 3.20. The normalized spacial score (nSPS) is 12.2. The number of hydrazine groups is 1. The second kappa shape index (κ2) is 7.41. The van der Waals surface area contributed by atoms with Crippen molar-refractivity contribution < 1.29 is 9.13 Å². The fraction of sp³-hybridized carbons (Fsp3) is 0.250. The van der Waals surface area contributed by atoms with Crippen LogP contribution in [-0.2, 0) is 0 Å². The number of hydrogen-bond donors (Lipinski definition) is 2. The van der Waals surface area contributed by atoms with Gasteiger partial charge in [0.15, 0.2) is 0 Å². The van der Waals surface area contributed by atoms with Crippen LogP contribution in [0.25, 0.3) is 0 Å². The van der Waals surface area contributed by atoms with Crippen LogP contribution in [0.1, 0.15) is 23.6 Å². The highest BCUT2D eigenvalue weighted by atomic mass is 35.5. The van der Waals surface area contributed by atoms with E-state index in [0.29, 0.717) is 23.6 Å². The third-order valence-corrected chi connectivity index (χ3v) is 3.44. The first-order valence-electron chi connectivity index (χ1n) is 6.70. The lowest BCUT2D eigenvalue weighted by molar-refractivity contribution is 0.285. The summed E-state index contributed by atoms with van der Waals surface area (Å²) in [6.07, 6.45) is 0.545. The molecule has 0 heterocycles. The molecule has 3 nitrogen and oxygen atoms in total. The summed E-state index contributed by atoms with van der Waals surface area (Å²) in [6, 6.07) is 12.0. The van der Waals surface area contributed by atoms with Gasteiger partial charge in [-0.25, -0.2) is 4.39 Å². The van der Waals surface area contributed by atoms with Gasteiger partial charge in [-0.2, -0.15) is 0 Å². The molecule has 0 radical (unpaired) electrons. The lowest BCUT2D eigenvalue weighted by Gasteiger charge is -2.17. The van der Waals surface area contributed by atoms with Crippen LogP contribution in [0.4, 0.5) is 4.39 Å². The van der Waals surface area contributed by atoms with Gasteiger partial charge in [-0.1, -0.05) is 29.8 Å². The Morgan fingerprint density at radius 1 is 1.29 bits per heavy atom. The number of halogens is 2. The molecule has 0 aliphatic carbocycles. The number of nitrogens with two attached hydrogens (primary N) is 1. The average Bonchev–Trinajstić information content (AvgIpc) is 2.45. The molecule has 21 heavy (non-hydrogen) atoms. The topological polar surface area (TPSA) is 47.3 Å². The molecule has 0 amide bonds. The first-order valence-corrected chi connectivity index (χ1v) is 7.08. The Morgan fingerprint density at radius 2 is 2.10 bits per heavy atom. The van der Waals surface area contributed by atoms with Crippen LogP contribution in [0.15, 0.2) is 42.5 Å². The highest BCUT2D eigenvalue weighted by Crippen LogP contribution is 2.23. The summed E-state index contributed by atoms with van der Waals surface area (Å²) in [5.41, 5.74) is 4.22. The summed E-state index contributed by atoms with van der Waals surface area (Å²) in [4.78, 5) is 0. The van der Waals surface area contributed by atoms with E-state index in [9.17, 15) is 4.39 Å². The van der Waals surface area contributed by atoms with Gasteiger partial charge in [0, 0.05) is 17.0 Å². The van der Waals surface area contributed by atoms with E-state index in [0.717, 1.165) is 11.3 Å². The zero-order valence-electron chi connectivity index (χ0n) is 11.8. The van der Waals surface area contributed by atoms with Gasteiger partial charge in [-0.15, -0.1) is 0 Å². The SMILES string of the molecule is Cc1cccc(OCCC(NN)c2ccc(Cl)cc2F)c1. The maximum absolute atomic E-state index is 13.9. The highest BCUT2D eigenvalue weighted by Gasteiger charge is 2.14. The van der Waals surface area contributed by atoms with Crippen molar-refractivity contribution in [1.82, 2.24) is 5.43 Å². The monoisotopic (exact) mass is 308 g/mol. The maximum Gasteiger partial charge on any atom is 0.129 e. The molecule has 0 saturated carbocycles. The summed E-state index contributed by atoms with van der Waals surface area (Å²) in [6.45, 7) is 2.43. The van der Waals surface area contributed by atoms with E-state index < -0.39 is 0 Å². The Hall–Kier alpha value is -1.62. The van der Waals surface area contributed by atoms with Crippen LogP contribution in [0.5, 0.6) is 5.75 Å². The molecule has 1 atom stereocenters. The van der Waals surface area contributed by atoms with Gasteiger partial charge in [0.1, 0.15) is 11.6 Å². The maximum atomic E-state index is 13.9. The van der Waals surface area contributed by atoms with Gasteiger partial charge < -0.3 is 4.74 Å². The summed E-state index contributed by atoms with van der Waals surface area (Å²) in [5.74, 6) is 5.93. The molecule has 1 unspecified atom stereocenters. The minimum atomic E-state index is -0.374. The molecule has 0 aliphatic heterocycles. The van der Waals surface area contributed by atoms with Gasteiger partial charge in [0.05, 0.1) is 12.6 Å². The molecule has 0 bridgehead atoms. The minimum Gasteiger partial charge on any atom is -0.494 e. The van der Waals surface area contributed by atoms with Gasteiger partial charge in [0.2, 0.25) is 0 Å². The van der Waals surface area contributed by atoms with Crippen molar-refractivity contribution in [2.45, 2.75) is 19.4 Å². The lowest BCUT2D eigenvalue weighted by atomic mass is 10.0. The van der Waals surface area contributed by atoms with E-state index in [1.165, 1.54) is 6.07 Å². The summed E-state index contributed by atoms with van der Waals surface area (Å²) in [5, 5.41) is 0.364. The quantitative estimate of drug-likeness (QED) is 0.631. The molecule has 0 fully saturated rings. The van der Waals surface area contributed by atoms with Crippen LogP contribution in [0.2, 0.25) is 5.02 Å². The molecule has 0 saturated heterocycles. The van der Waals surface area contributed by atoms with Crippen molar-refractivity contribution >= 4 is 11.6 Å². The van der Waals surface area contributed by atoms with E-state index in [1.54, 1.807) is 12.1 Å². The second-order valence-corrected chi connectivity index (χ2v) is 5.28. The molecule has 2 aromatic rings. The van der Waals surface area contributed by atoms with E-state index in [4.69, 9.17) is 22.2 Å². The molecule has 2 aromatic carbocycles. The Labute approximate surface area is 128 Å². The predicted octanol–water partition coefficient (Wildman–Crippen LogP) is 3.76. The average molecular weight is 309 g/mol. The molecular formula is C16H18ClFN2O. The number of rotatable bonds is 6. The number of ether oxygens (including phenoxy) is 1. The van der Waals surface area contributed by atoms with E-state index in [-0.39, 0.29) is 11.9 Å². The zero-order chi connectivity index (χ0) is 15.2. The zero-order valence-corrected chi connectivity index (χ0v) is 12.5. The Morgan fingerprint density at radius 3 is 2.76 bits per heavy atom.